The normalized spacial score (nSPS) is 27.3. The highest BCUT2D eigenvalue weighted by Crippen LogP contribution is 2.39. The van der Waals surface area contributed by atoms with Crippen LogP contribution >= 0.6 is 11.6 Å². The van der Waals surface area contributed by atoms with Crippen LogP contribution in [0.1, 0.15) is 28.2 Å². The molecule has 0 amide bonds. The summed E-state index contributed by atoms with van der Waals surface area (Å²) in [6.45, 7) is 1.88. The van der Waals surface area contributed by atoms with E-state index in [1.165, 1.54) is 0 Å². The maximum Gasteiger partial charge on any atom is 0.167 e. The van der Waals surface area contributed by atoms with Gasteiger partial charge < -0.3 is 0 Å². The van der Waals surface area contributed by atoms with Gasteiger partial charge in [0.25, 0.3) is 0 Å². The first-order valence-electron chi connectivity index (χ1n) is 3.99. The van der Waals surface area contributed by atoms with Gasteiger partial charge in [-0.25, -0.2) is 0 Å². The summed E-state index contributed by atoms with van der Waals surface area (Å²) < 4.78 is 0. The number of carbonyl (C=O) groups excluding carboxylic acids is 1. The topological polar surface area (TPSA) is 17.1 Å². The van der Waals surface area contributed by atoms with Crippen molar-refractivity contribution in [2.45, 2.75) is 12.3 Å². The minimum atomic E-state index is -0.131. The largest absolute Gasteiger partial charge is 0.294 e. The first kappa shape index (κ1) is 7.81. The molecule has 62 valence electrons. The van der Waals surface area contributed by atoms with E-state index in [2.05, 4.69) is 0 Å². The lowest BCUT2D eigenvalue weighted by atomic mass is 10.1. The van der Waals surface area contributed by atoms with Gasteiger partial charge in [0.05, 0.1) is 5.38 Å². The van der Waals surface area contributed by atoms with Crippen LogP contribution in [-0.4, -0.2) is 5.78 Å². The summed E-state index contributed by atoms with van der Waals surface area (Å²) in [5.41, 5.74) is 1.78. The molecule has 0 saturated carbocycles. The number of ketones is 1. The third kappa shape index (κ3) is 0.896. The molecule has 1 aliphatic carbocycles. The molecule has 0 radical (unpaired) electrons. The summed E-state index contributed by atoms with van der Waals surface area (Å²) in [6, 6.07) is 7.56. The van der Waals surface area contributed by atoms with Crippen LogP contribution in [-0.2, 0) is 0 Å². The minimum Gasteiger partial charge on any atom is -0.294 e. The molecule has 0 N–H and O–H groups in total. The molecule has 0 bridgehead atoms. The second kappa shape index (κ2) is 2.60. The molecule has 0 heterocycles. The van der Waals surface area contributed by atoms with E-state index in [1.54, 1.807) is 0 Å². The Hall–Kier alpha value is -0.820. The van der Waals surface area contributed by atoms with Crippen molar-refractivity contribution in [3.8, 4) is 0 Å². The summed E-state index contributed by atoms with van der Waals surface area (Å²) in [4.78, 5) is 11.5. The second-order valence-corrected chi connectivity index (χ2v) is 3.61. The van der Waals surface area contributed by atoms with Crippen molar-refractivity contribution >= 4 is 17.4 Å². The van der Waals surface area contributed by atoms with E-state index in [-0.39, 0.29) is 17.1 Å². The zero-order valence-electron chi connectivity index (χ0n) is 6.75. The summed E-state index contributed by atoms with van der Waals surface area (Å²) >= 11 is 6.07. The van der Waals surface area contributed by atoms with Crippen LogP contribution in [0.3, 0.4) is 0 Å². The van der Waals surface area contributed by atoms with Gasteiger partial charge in [-0.1, -0.05) is 31.2 Å². The van der Waals surface area contributed by atoms with Crippen LogP contribution in [0.2, 0.25) is 0 Å². The fourth-order valence-corrected chi connectivity index (χ4v) is 1.91. The number of benzene rings is 1. The Morgan fingerprint density at radius 1 is 1.33 bits per heavy atom. The molecule has 0 aliphatic heterocycles. The standard InChI is InChI=1S/C10H9ClO/c1-6-9(11)7-4-2-3-5-8(7)10(6)12/h2-6,9H,1H3. The van der Waals surface area contributed by atoms with Gasteiger partial charge in [-0.05, 0) is 5.56 Å². The molecular weight excluding hydrogens is 172 g/mol. The third-order valence-corrected chi connectivity index (χ3v) is 2.99. The number of fused-ring (bicyclic) bond motifs is 1. The van der Waals surface area contributed by atoms with E-state index in [0.717, 1.165) is 11.1 Å². The van der Waals surface area contributed by atoms with Crippen molar-refractivity contribution in [1.29, 1.82) is 0 Å². The van der Waals surface area contributed by atoms with Gasteiger partial charge in [0.15, 0.2) is 5.78 Å². The van der Waals surface area contributed by atoms with Gasteiger partial charge in [-0.2, -0.15) is 0 Å². The Bertz CT molecular complexity index is 332. The molecular formula is C10H9ClO. The highest BCUT2D eigenvalue weighted by Gasteiger charge is 2.34. The monoisotopic (exact) mass is 180 g/mol. The van der Waals surface area contributed by atoms with Crippen molar-refractivity contribution in [3.05, 3.63) is 35.4 Å². The Labute approximate surface area is 76.4 Å². The highest BCUT2D eigenvalue weighted by atomic mass is 35.5. The Kier molecular flexibility index (Phi) is 1.69. The van der Waals surface area contributed by atoms with E-state index < -0.39 is 0 Å². The predicted molar refractivity (Wildman–Crippen MR) is 48.5 cm³/mol. The Balaban J connectivity index is 2.59. The lowest BCUT2D eigenvalue weighted by Gasteiger charge is -2.04. The van der Waals surface area contributed by atoms with E-state index in [1.807, 2.05) is 31.2 Å². The van der Waals surface area contributed by atoms with Crippen LogP contribution in [0.5, 0.6) is 0 Å². The number of hydrogen-bond donors (Lipinski definition) is 0. The molecule has 1 nitrogen and oxygen atoms in total. The third-order valence-electron chi connectivity index (χ3n) is 2.38. The van der Waals surface area contributed by atoms with Gasteiger partial charge >= 0.3 is 0 Å². The van der Waals surface area contributed by atoms with Gasteiger partial charge in [-0.15, -0.1) is 11.6 Å². The molecule has 2 atom stereocenters. The zero-order chi connectivity index (χ0) is 8.72. The van der Waals surface area contributed by atoms with E-state index >= 15 is 0 Å². The van der Waals surface area contributed by atoms with Crippen LogP contribution in [0, 0.1) is 5.92 Å². The maximum atomic E-state index is 11.5. The van der Waals surface area contributed by atoms with E-state index in [0.29, 0.717) is 0 Å². The SMILES string of the molecule is CC1C(=O)c2ccccc2C1Cl. The Morgan fingerprint density at radius 2 is 2.00 bits per heavy atom. The Morgan fingerprint density at radius 3 is 2.67 bits per heavy atom. The molecule has 1 aromatic carbocycles. The summed E-state index contributed by atoms with van der Waals surface area (Å²) in [5.74, 6) is 0.106. The first-order chi connectivity index (χ1) is 5.72. The average Bonchev–Trinajstić information content (AvgIpc) is 2.33. The fraction of sp³-hybridized carbons (Fsp3) is 0.300. The molecule has 0 spiro atoms. The second-order valence-electron chi connectivity index (χ2n) is 3.14. The quantitative estimate of drug-likeness (QED) is 0.562. The van der Waals surface area contributed by atoms with Crippen molar-refractivity contribution in [1.82, 2.24) is 0 Å². The molecule has 2 rings (SSSR count). The summed E-state index contributed by atoms with van der Waals surface area (Å²) in [6.07, 6.45) is 0. The van der Waals surface area contributed by atoms with Crippen LogP contribution < -0.4 is 0 Å². The lowest BCUT2D eigenvalue weighted by Crippen LogP contribution is -2.04. The molecule has 0 aromatic heterocycles. The van der Waals surface area contributed by atoms with Gasteiger partial charge in [0, 0.05) is 11.5 Å². The first-order valence-corrected chi connectivity index (χ1v) is 4.42. The highest BCUT2D eigenvalue weighted by molar-refractivity contribution is 6.26. The van der Waals surface area contributed by atoms with Crippen LogP contribution in [0.25, 0.3) is 0 Å². The molecule has 12 heavy (non-hydrogen) atoms. The summed E-state index contributed by atoms with van der Waals surface area (Å²) in [7, 11) is 0. The number of Topliss-reactive ketones (excluding diaryl/α,β-unsaturated/α-hetero) is 1. The number of hydrogen-bond acceptors (Lipinski definition) is 1. The number of halogens is 1. The molecule has 0 fully saturated rings. The molecule has 2 heteroatoms. The van der Waals surface area contributed by atoms with E-state index in [9.17, 15) is 4.79 Å². The van der Waals surface area contributed by atoms with Crippen LogP contribution in [0.4, 0.5) is 0 Å². The number of alkyl halides is 1. The van der Waals surface area contributed by atoms with E-state index in [4.69, 9.17) is 11.6 Å². The van der Waals surface area contributed by atoms with Crippen molar-refractivity contribution in [3.63, 3.8) is 0 Å². The van der Waals surface area contributed by atoms with Crippen molar-refractivity contribution in [2.24, 2.45) is 5.92 Å². The molecule has 0 saturated heterocycles. The van der Waals surface area contributed by atoms with Gasteiger partial charge in [0.2, 0.25) is 0 Å². The molecule has 1 aromatic rings. The maximum absolute atomic E-state index is 11.5. The zero-order valence-corrected chi connectivity index (χ0v) is 7.51. The summed E-state index contributed by atoms with van der Waals surface area (Å²) in [5, 5.41) is -0.131. The van der Waals surface area contributed by atoms with Crippen LogP contribution in [0.15, 0.2) is 24.3 Å². The molecule has 2 unspecified atom stereocenters. The van der Waals surface area contributed by atoms with Gasteiger partial charge in [-0.3, -0.25) is 4.79 Å². The smallest absolute Gasteiger partial charge is 0.167 e. The average molecular weight is 181 g/mol. The fourth-order valence-electron chi connectivity index (χ4n) is 1.61. The number of carbonyl (C=O) groups is 1. The number of rotatable bonds is 0. The molecule has 1 aliphatic rings. The predicted octanol–water partition coefficient (Wildman–Crippen LogP) is 2.80. The minimum absolute atomic E-state index is 0.0657. The van der Waals surface area contributed by atoms with Crippen molar-refractivity contribution in [2.75, 3.05) is 0 Å². The van der Waals surface area contributed by atoms with Gasteiger partial charge in [0.1, 0.15) is 0 Å². The lowest BCUT2D eigenvalue weighted by molar-refractivity contribution is 0.0944. The van der Waals surface area contributed by atoms with Crippen molar-refractivity contribution < 1.29 is 4.79 Å².